The van der Waals surface area contributed by atoms with Gasteiger partial charge in [-0.2, -0.15) is 0 Å². The van der Waals surface area contributed by atoms with Crippen LogP contribution >= 0.6 is 24.8 Å². The summed E-state index contributed by atoms with van der Waals surface area (Å²) in [7, 11) is 0. The number of ether oxygens (including phenoxy) is 2. The molecule has 2 bridgehead atoms. The van der Waals surface area contributed by atoms with Gasteiger partial charge in [0.05, 0.1) is 23.6 Å². The van der Waals surface area contributed by atoms with E-state index in [0.717, 1.165) is 76.1 Å². The molecular formula is C30H39Cl2N7O3. The van der Waals surface area contributed by atoms with Gasteiger partial charge in [-0.3, -0.25) is 0 Å². The minimum atomic E-state index is 0. The zero-order valence-corrected chi connectivity index (χ0v) is 25.1. The zero-order valence-electron chi connectivity index (χ0n) is 23.5. The molecule has 0 radical (unpaired) electrons. The summed E-state index contributed by atoms with van der Waals surface area (Å²) in [5, 5.41) is 22.2. The van der Waals surface area contributed by atoms with E-state index in [-0.39, 0.29) is 36.7 Å². The lowest BCUT2D eigenvalue weighted by Gasteiger charge is -2.43. The van der Waals surface area contributed by atoms with Crippen LogP contribution in [0.5, 0.6) is 11.6 Å². The molecule has 2 atom stereocenters. The predicted octanol–water partition coefficient (Wildman–Crippen LogP) is 4.21. The maximum Gasteiger partial charge on any atom is 0.215 e. The Hall–Kier alpha value is -3.05. The zero-order chi connectivity index (χ0) is 27.1. The number of nitrogens with zero attached hydrogens (tertiary/aromatic N) is 5. The number of piperazine rings is 1. The number of rotatable bonds is 7. The number of hydrogen-bond donors (Lipinski definition) is 3. The highest BCUT2D eigenvalue weighted by molar-refractivity contribution is 5.85. The molecule has 3 aliphatic heterocycles. The van der Waals surface area contributed by atoms with Crippen LogP contribution in [0.15, 0.2) is 48.7 Å². The van der Waals surface area contributed by atoms with Crippen LogP contribution < -0.4 is 25.6 Å². The number of nitrogen functional groups attached to an aromatic ring is 1. The molecule has 7 rings (SSSR count). The third kappa shape index (κ3) is 6.17. The Bertz CT molecular complexity index is 1340. The van der Waals surface area contributed by atoms with Crippen LogP contribution in [0, 0.1) is 0 Å². The minimum absolute atomic E-state index is 0. The Balaban J connectivity index is 0.00000176. The topological polar surface area (TPSA) is 122 Å². The number of halogens is 2. The average molecular weight is 617 g/mol. The molecule has 1 aliphatic carbocycles. The number of phenolic OH excluding ortho intramolecular Hbond substituents is 1. The Labute approximate surface area is 258 Å². The molecular weight excluding hydrogens is 577 g/mol. The summed E-state index contributed by atoms with van der Waals surface area (Å²) in [4.78, 5) is 9.38. The lowest BCUT2D eigenvalue weighted by molar-refractivity contribution is -0.103. The fourth-order valence-corrected chi connectivity index (χ4v) is 6.71. The quantitative estimate of drug-likeness (QED) is 0.356. The molecule has 3 saturated heterocycles. The SMILES string of the molecule is Cl.Cl.Nc1nnc(-c2ccccc2O)cc1N1CC2CCC(C1)N2c1ccnc(OC2CC(OC3CCNCC3)C2)c1. The van der Waals surface area contributed by atoms with Gasteiger partial charge in [-0.25, -0.2) is 4.98 Å². The summed E-state index contributed by atoms with van der Waals surface area (Å²) >= 11 is 0. The van der Waals surface area contributed by atoms with Gasteiger partial charge in [0.15, 0.2) is 5.82 Å². The first-order valence-corrected chi connectivity index (χ1v) is 14.5. The van der Waals surface area contributed by atoms with Crippen molar-refractivity contribution in [3.8, 4) is 22.9 Å². The minimum Gasteiger partial charge on any atom is -0.507 e. The van der Waals surface area contributed by atoms with E-state index in [2.05, 4.69) is 42.4 Å². The first kappa shape index (κ1) is 30.4. The van der Waals surface area contributed by atoms with Crippen LogP contribution in [0.3, 0.4) is 0 Å². The van der Waals surface area contributed by atoms with E-state index in [4.69, 9.17) is 15.2 Å². The smallest absolute Gasteiger partial charge is 0.215 e. The predicted molar refractivity (Wildman–Crippen MR) is 168 cm³/mol. The van der Waals surface area contributed by atoms with Gasteiger partial charge < -0.3 is 35.4 Å². The van der Waals surface area contributed by atoms with Crippen molar-refractivity contribution in [2.24, 2.45) is 0 Å². The molecule has 226 valence electrons. The Morgan fingerprint density at radius 1 is 0.881 bits per heavy atom. The molecule has 10 nitrogen and oxygen atoms in total. The standard InChI is InChI=1S/C30H37N7O3.2ClH/c31-30-27(16-26(34-35-30)25-3-1-2-4-28(25)38)36-17-20-5-6-21(18-36)37(20)19-7-12-33-29(13-19)40-24-14-23(15-24)39-22-8-10-32-11-9-22;;/h1-4,7,12-13,16,20-24,32,38H,5-6,8-11,14-15,17-18H2,(H2,31,35);2*1H. The summed E-state index contributed by atoms with van der Waals surface area (Å²) in [5.74, 6) is 1.29. The second kappa shape index (κ2) is 13.1. The summed E-state index contributed by atoms with van der Waals surface area (Å²) in [6, 6.07) is 14.0. The molecule has 0 amide bonds. The second-order valence-electron chi connectivity index (χ2n) is 11.5. The summed E-state index contributed by atoms with van der Waals surface area (Å²) in [6.07, 6.45) is 9.02. The maximum atomic E-state index is 10.3. The molecule has 2 aromatic heterocycles. The molecule has 4 fully saturated rings. The number of phenols is 1. The van der Waals surface area contributed by atoms with Crippen molar-refractivity contribution < 1.29 is 14.6 Å². The highest BCUT2D eigenvalue weighted by Gasteiger charge is 2.41. The molecule has 12 heteroatoms. The van der Waals surface area contributed by atoms with Crippen LogP contribution in [0.25, 0.3) is 11.3 Å². The van der Waals surface area contributed by atoms with Gasteiger partial charge in [-0.05, 0) is 63.0 Å². The average Bonchev–Trinajstić information content (AvgIpc) is 3.22. The molecule has 4 N–H and O–H groups in total. The van der Waals surface area contributed by atoms with E-state index < -0.39 is 0 Å². The van der Waals surface area contributed by atoms with Crippen LogP contribution in [0.1, 0.15) is 38.5 Å². The first-order chi connectivity index (χ1) is 19.6. The van der Waals surface area contributed by atoms with Gasteiger partial charge in [0.1, 0.15) is 11.9 Å². The third-order valence-corrected chi connectivity index (χ3v) is 8.83. The molecule has 1 aromatic carbocycles. The Kier molecular flexibility index (Phi) is 9.47. The van der Waals surface area contributed by atoms with Crippen molar-refractivity contribution in [3.63, 3.8) is 0 Å². The second-order valence-corrected chi connectivity index (χ2v) is 11.5. The molecule has 42 heavy (non-hydrogen) atoms. The van der Waals surface area contributed by atoms with Crippen molar-refractivity contribution >= 4 is 42.0 Å². The van der Waals surface area contributed by atoms with Crippen molar-refractivity contribution in [3.05, 3.63) is 48.7 Å². The highest BCUT2D eigenvalue weighted by Crippen LogP contribution is 2.40. The van der Waals surface area contributed by atoms with E-state index in [1.807, 2.05) is 24.4 Å². The van der Waals surface area contributed by atoms with Crippen molar-refractivity contribution in [2.45, 2.75) is 68.9 Å². The number of pyridine rings is 1. The number of aromatic nitrogens is 3. The fourth-order valence-electron chi connectivity index (χ4n) is 6.71. The summed E-state index contributed by atoms with van der Waals surface area (Å²) in [5.41, 5.74) is 9.61. The van der Waals surface area contributed by atoms with E-state index in [1.165, 1.54) is 0 Å². The number of aromatic hydroxyl groups is 1. The Morgan fingerprint density at radius 2 is 1.62 bits per heavy atom. The highest BCUT2D eigenvalue weighted by atomic mass is 35.5. The van der Waals surface area contributed by atoms with Gasteiger partial charge in [0.2, 0.25) is 5.88 Å². The number of piperidine rings is 1. The number of anilines is 3. The van der Waals surface area contributed by atoms with Crippen molar-refractivity contribution in [2.75, 3.05) is 41.7 Å². The van der Waals surface area contributed by atoms with Gasteiger partial charge >= 0.3 is 0 Å². The molecule has 0 spiro atoms. The number of benzene rings is 1. The molecule has 4 aliphatic rings. The van der Waals surface area contributed by atoms with Gasteiger partial charge in [-0.1, -0.05) is 12.1 Å². The lowest BCUT2D eigenvalue weighted by Crippen LogP contribution is -2.54. The van der Waals surface area contributed by atoms with Crippen molar-refractivity contribution in [1.29, 1.82) is 0 Å². The third-order valence-electron chi connectivity index (χ3n) is 8.83. The van der Waals surface area contributed by atoms with Gasteiger partial charge in [0.25, 0.3) is 0 Å². The van der Waals surface area contributed by atoms with E-state index in [0.29, 0.717) is 47.2 Å². The van der Waals surface area contributed by atoms with Crippen LogP contribution in [0.2, 0.25) is 0 Å². The van der Waals surface area contributed by atoms with Crippen molar-refractivity contribution in [1.82, 2.24) is 20.5 Å². The fraction of sp³-hybridized carbons (Fsp3) is 0.500. The Morgan fingerprint density at radius 3 is 2.36 bits per heavy atom. The summed E-state index contributed by atoms with van der Waals surface area (Å²) in [6.45, 7) is 3.78. The monoisotopic (exact) mass is 615 g/mol. The first-order valence-electron chi connectivity index (χ1n) is 14.5. The largest absolute Gasteiger partial charge is 0.507 e. The van der Waals surface area contributed by atoms with Crippen LogP contribution in [-0.4, -0.2) is 76.9 Å². The van der Waals surface area contributed by atoms with E-state index in [1.54, 1.807) is 12.1 Å². The lowest BCUT2D eigenvalue weighted by atomic mass is 9.91. The van der Waals surface area contributed by atoms with Gasteiger partial charge in [-0.15, -0.1) is 35.0 Å². The number of hydrogen-bond acceptors (Lipinski definition) is 10. The normalized spacial score (nSPS) is 25.2. The number of fused-ring (bicyclic) bond motifs is 2. The summed E-state index contributed by atoms with van der Waals surface area (Å²) < 4.78 is 12.5. The molecule has 1 saturated carbocycles. The molecule has 3 aromatic rings. The number of nitrogens with two attached hydrogens (primary N) is 1. The van der Waals surface area contributed by atoms with E-state index >= 15 is 0 Å². The number of para-hydroxylation sites is 1. The maximum absolute atomic E-state index is 10.3. The van der Waals surface area contributed by atoms with E-state index in [9.17, 15) is 5.11 Å². The van der Waals surface area contributed by atoms with Gasteiger partial charge in [0, 0.05) is 61.5 Å². The number of nitrogens with one attached hydrogen (secondary N) is 1. The molecule has 2 unspecified atom stereocenters. The van der Waals surface area contributed by atoms with Crippen LogP contribution in [0.4, 0.5) is 17.2 Å². The molecule has 5 heterocycles. The van der Waals surface area contributed by atoms with Crippen LogP contribution in [-0.2, 0) is 4.74 Å².